The second-order valence-electron chi connectivity index (χ2n) is 11.6. The summed E-state index contributed by atoms with van der Waals surface area (Å²) in [6.07, 6.45) is 14.1. The van der Waals surface area contributed by atoms with Crippen LogP contribution in [0.25, 0.3) is 11.0 Å². The molecule has 216 valence electrons. The number of nitrogens with zero attached hydrogens (tertiary/aromatic N) is 3. The number of carbonyl (C=O) groups excluding carboxylic acids is 1. The first kappa shape index (κ1) is 29.5. The molecule has 0 amide bonds. The lowest BCUT2D eigenvalue weighted by Crippen LogP contribution is -2.44. The average Bonchev–Trinajstić information content (AvgIpc) is 3.26. The number of para-hydroxylation sites is 2. The van der Waals surface area contributed by atoms with Gasteiger partial charge in [-0.1, -0.05) is 57.6 Å². The number of nitrogens with one attached hydrogen (secondary N) is 1. The molecule has 1 aliphatic heterocycles. The summed E-state index contributed by atoms with van der Waals surface area (Å²) in [7, 11) is 0. The smallest absolute Gasteiger partial charge is 0.331 e. The van der Waals surface area contributed by atoms with Crippen LogP contribution in [0.4, 0.5) is 5.82 Å². The normalized spacial score (nSPS) is 22.8. The Bertz CT molecular complexity index is 1130. The van der Waals surface area contributed by atoms with Crippen molar-refractivity contribution in [2.45, 2.75) is 128 Å². The molecule has 2 heterocycles. The quantitative estimate of drug-likeness (QED) is 0.290. The van der Waals surface area contributed by atoms with Crippen molar-refractivity contribution in [2.24, 2.45) is 0 Å². The molecule has 4 atom stereocenters. The number of anilines is 1. The summed E-state index contributed by atoms with van der Waals surface area (Å²) in [5.41, 5.74) is 1.19. The summed E-state index contributed by atoms with van der Waals surface area (Å²) in [6.45, 7) is 6.32. The van der Waals surface area contributed by atoms with Crippen LogP contribution in [0.3, 0.4) is 0 Å². The number of likely N-dealkylation sites (tertiary alicyclic amines) is 1. The number of aromatic nitrogens is 2. The fourth-order valence-corrected chi connectivity index (χ4v) is 6.67. The number of benzene rings is 1. The van der Waals surface area contributed by atoms with Gasteiger partial charge in [0.2, 0.25) is 0 Å². The number of esters is 1. The lowest BCUT2D eigenvalue weighted by molar-refractivity contribution is -0.145. The third-order valence-corrected chi connectivity index (χ3v) is 8.71. The summed E-state index contributed by atoms with van der Waals surface area (Å²) < 4.78 is 7.13. The van der Waals surface area contributed by atoms with E-state index >= 15 is 0 Å². The van der Waals surface area contributed by atoms with Gasteiger partial charge in [0.1, 0.15) is 6.04 Å². The van der Waals surface area contributed by atoms with Crippen molar-refractivity contribution in [2.75, 3.05) is 18.5 Å². The predicted octanol–water partition coefficient (Wildman–Crippen LogP) is 5.43. The third kappa shape index (κ3) is 7.20. The van der Waals surface area contributed by atoms with Crippen LogP contribution >= 0.6 is 0 Å². The van der Waals surface area contributed by atoms with Gasteiger partial charge in [0.25, 0.3) is 5.56 Å². The summed E-state index contributed by atoms with van der Waals surface area (Å²) in [5.74, 6) is -0.501. The van der Waals surface area contributed by atoms with Gasteiger partial charge in [-0.05, 0) is 64.5 Å². The Hall–Kier alpha value is -2.45. The van der Waals surface area contributed by atoms with E-state index < -0.39 is 18.6 Å². The molecule has 4 rings (SSSR count). The number of rotatable bonds is 11. The number of hydrogen-bond acceptors (Lipinski definition) is 7. The highest BCUT2D eigenvalue weighted by Crippen LogP contribution is 2.36. The fraction of sp³-hybridized carbons (Fsp3) is 0.710. The average molecular weight is 541 g/mol. The van der Waals surface area contributed by atoms with Gasteiger partial charge in [-0.3, -0.25) is 9.69 Å². The van der Waals surface area contributed by atoms with E-state index in [1.54, 1.807) is 0 Å². The Morgan fingerprint density at radius 3 is 2.56 bits per heavy atom. The summed E-state index contributed by atoms with van der Waals surface area (Å²) in [4.78, 5) is 33.8. The molecule has 39 heavy (non-hydrogen) atoms. The van der Waals surface area contributed by atoms with Crippen LogP contribution in [0.2, 0.25) is 0 Å². The third-order valence-electron chi connectivity index (χ3n) is 8.71. The van der Waals surface area contributed by atoms with Crippen molar-refractivity contribution in [1.82, 2.24) is 14.5 Å². The molecular formula is C31H48N4O4. The Kier molecular flexibility index (Phi) is 10.8. The maximum absolute atomic E-state index is 13.9. The van der Waals surface area contributed by atoms with Crippen LogP contribution in [0.1, 0.15) is 104 Å². The fourth-order valence-electron chi connectivity index (χ4n) is 6.67. The van der Waals surface area contributed by atoms with Gasteiger partial charge in [-0.2, -0.15) is 0 Å². The van der Waals surface area contributed by atoms with E-state index in [0.717, 1.165) is 31.2 Å². The molecule has 1 aromatic heterocycles. The van der Waals surface area contributed by atoms with Crippen LogP contribution in [0.5, 0.6) is 0 Å². The van der Waals surface area contributed by atoms with Crippen molar-refractivity contribution in [1.29, 1.82) is 0 Å². The molecule has 1 saturated heterocycles. The van der Waals surface area contributed by atoms with Crippen molar-refractivity contribution < 1.29 is 14.6 Å². The molecule has 2 aliphatic rings. The van der Waals surface area contributed by atoms with Crippen molar-refractivity contribution in [3.8, 4) is 0 Å². The molecule has 0 bridgehead atoms. The maximum Gasteiger partial charge on any atom is 0.331 e. The zero-order valence-corrected chi connectivity index (χ0v) is 24.1. The van der Waals surface area contributed by atoms with Crippen LogP contribution in [0.15, 0.2) is 29.1 Å². The number of unbranched alkanes of at least 4 members (excludes halogenated alkanes) is 1. The number of fused-ring (bicyclic) bond motifs is 1. The molecule has 8 heteroatoms. The molecule has 1 aromatic carbocycles. The lowest BCUT2D eigenvalue weighted by atomic mass is 9.94. The zero-order valence-electron chi connectivity index (χ0n) is 24.1. The number of hydrogen-bond donors (Lipinski definition) is 2. The molecular weight excluding hydrogens is 492 g/mol. The summed E-state index contributed by atoms with van der Waals surface area (Å²) in [5, 5.41) is 12.8. The second kappa shape index (κ2) is 14.3. The number of carbonyl (C=O) groups is 1. The minimum Gasteiger partial charge on any atom is -0.464 e. The molecule has 0 spiro atoms. The molecule has 2 fully saturated rings. The maximum atomic E-state index is 13.9. The van der Waals surface area contributed by atoms with Crippen LogP contribution in [-0.4, -0.2) is 62.9 Å². The molecule has 2 N–H and O–H groups in total. The molecule has 1 saturated carbocycles. The SMILES string of the molecule is CCCCOC(=O)[C@H](CO)Nc1nc2ccccc2n([C@@H](C)C[C@@H]2CCC(C)N2C2CCCCCCC2)c1=O. The van der Waals surface area contributed by atoms with Gasteiger partial charge in [0.15, 0.2) is 5.82 Å². The summed E-state index contributed by atoms with van der Waals surface area (Å²) >= 11 is 0. The highest BCUT2D eigenvalue weighted by atomic mass is 16.5. The van der Waals surface area contributed by atoms with Crippen molar-refractivity contribution in [3.05, 3.63) is 34.6 Å². The van der Waals surface area contributed by atoms with Gasteiger partial charge in [-0.25, -0.2) is 9.78 Å². The monoisotopic (exact) mass is 540 g/mol. The highest BCUT2D eigenvalue weighted by Gasteiger charge is 2.36. The first-order valence-electron chi connectivity index (χ1n) is 15.3. The van der Waals surface area contributed by atoms with E-state index in [1.165, 1.54) is 51.4 Å². The van der Waals surface area contributed by atoms with Gasteiger partial charge in [0.05, 0.1) is 24.2 Å². The Morgan fingerprint density at radius 1 is 1.13 bits per heavy atom. The number of ether oxygens (including phenoxy) is 1. The molecule has 1 aliphatic carbocycles. The Balaban J connectivity index is 1.59. The first-order valence-corrected chi connectivity index (χ1v) is 15.3. The molecule has 1 unspecified atom stereocenters. The standard InChI is InChI=1S/C31H48N4O4/c1-4-5-19-39-31(38)27(21-36)33-29-30(37)35(28-16-12-11-15-26(28)32-29)23(3)20-25-18-17-22(2)34(25)24-13-9-7-6-8-10-14-24/h11-12,15-16,22-25,27,36H,4-10,13-14,17-21H2,1-3H3,(H,32,33)/t22?,23-,25-,27-/m0/s1. The molecule has 0 radical (unpaired) electrons. The minimum absolute atomic E-state index is 0.0543. The second-order valence-corrected chi connectivity index (χ2v) is 11.6. The zero-order chi connectivity index (χ0) is 27.8. The van der Waals surface area contributed by atoms with Crippen LogP contribution in [-0.2, 0) is 9.53 Å². The van der Waals surface area contributed by atoms with Crippen LogP contribution in [0, 0.1) is 0 Å². The van der Waals surface area contributed by atoms with E-state index in [9.17, 15) is 14.7 Å². The molecule has 8 nitrogen and oxygen atoms in total. The van der Waals surface area contributed by atoms with Gasteiger partial charge < -0.3 is 19.7 Å². The lowest BCUT2D eigenvalue weighted by Gasteiger charge is -2.38. The van der Waals surface area contributed by atoms with Gasteiger partial charge in [-0.15, -0.1) is 0 Å². The first-order chi connectivity index (χ1) is 18.9. The van der Waals surface area contributed by atoms with Gasteiger partial charge >= 0.3 is 5.97 Å². The van der Waals surface area contributed by atoms with Gasteiger partial charge in [0, 0.05) is 24.2 Å². The predicted molar refractivity (Wildman–Crippen MR) is 156 cm³/mol. The summed E-state index contributed by atoms with van der Waals surface area (Å²) in [6, 6.07) is 8.19. The largest absolute Gasteiger partial charge is 0.464 e. The van der Waals surface area contributed by atoms with E-state index in [4.69, 9.17) is 4.74 Å². The molecule has 2 aromatic rings. The Morgan fingerprint density at radius 2 is 1.85 bits per heavy atom. The van der Waals surface area contributed by atoms with Crippen molar-refractivity contribution in [3.63, 3.8) is 0 Å². The van der Waals surface area contributed by atoms with E-state index in [0.29, 0.717) is 23.6 Å². The number of aliphatic hydroxyl groups excluding tert-OH is 1. The minimum atomic E-state index is -1.04. The topological polar surface area (TPSA) is 96.7 Å². The Labute approximate surface area is 233 Å². The van der Waals surface area contributed by atoms with E-state index in [1.807, 2.05) is 35.8 Å². The van der Waals surface area contributed by atoms with Crippen LogP contribution < -0.4 is 10.9 Å². The van der Waals surface area contributed by atoms with E-state index in [-0.39, 0.29) is 24.0 Å². The highest BCUT2D eigenvalue weighted by molar-refractivity contribution is 5.80. The number of aliphatic hydroxyl groups is 1. The van der Waals surface area contributed by atoms with Crippen molar-refractivity contribution >= 4 is 22.8 Å². The van der Waals surface area contributed by atoms with E-state index in [2.05, 4.69) is 29.0 Å².